The molecule has 0 aliphatic rings. The maximum absolute atomic E-state index is 9.23. The van der Waals surface area contributed by atoms with Crippen LogP contribution in [0.5, 0.6) is 5.75 Å². The van der Waals surface area contributed by atoms with Crippen LogP contribution in [0.15, 0.2) is 29.3 Å². The van der Waals surface area contributed by atoms with Gasteiger partial charge in [0.15, 0.2) is 5.96 Å². The molecule has 0 bridgehead atoms. The van der Waals surface area contributed by atoms with Crippen molar-refractivity contribution in [3.63, 3.8) is 0 Å². The predicted octanol–water partition coefficient (Wildman–Crippen LogP) is 4.06. The molecule has 4 nitrogen and oxygen atoms in total. The summed E-state index contributed by atoms with van der Waals surface area (Å²) in [6, 6.07) is 7.69. The summed E-state index contributed by atoms with van der Waals surface area (Å²) in [6.07, 6.45) is 5.51. The highest BCUT2D eigenvalue weighted by Gasteiger charge is 2.03. The Hall–Kier alpha value is -0.980. The second kappa shape index (κ2) is 12.4. The highest BCUT2D eigenvalue weighted by molar-refractivity contribution is 14.0. The van der Waals surface area contributed by atoms with Crippen molar-refractivity contribution in [1.82, 2.24) is 5.32 Å². The van der Waals surface area contributed by atoms with Gasteiger partial charge in [-0.05, 0) is 49.8 Å². The van der Waals surface area contributed by atoms with E-state index in [0.29, 0.717) is 17.8 Å². The largest absolute Gasteiger partial charge is 0.508 e. The first-order valence-corrected chi connectivity index (χ1v) is 8.31. The molecule has 1 atom stereocenters. The van der Waals surface area contributed by atoms with Gasteiger partial charge in [0.1, 0.15) is 5.75 Å². The van der Waals surface area contributed by atoms with Gasteiger partial charge in [0.2, 0.25) is 0 Å². The average molecular weight is 433 g/mol. The third-order valence-corrected chi connectivity index (χ3v) is 3.65. The van der Waals surface area contributed by atoms with E-state index < -0.39 is 0 Å². The first-order chi connectivity index (χ1) is 10.5. The minimum atomic E-state index is 0. The molecule has 0 aliphatic heterocycles. The lowest BCUT2D eigenvalue weighted by Gasteiger charge is -2.15. The second-order valence-electron chi connectivity index (χ2n) is 6.41. The Bertz CT molecular complexity index is 446. The number of phenols is 1. The van der Waals surface area contributed by atoms with Crippen LogP contribution in [0.2, 0.25) is 0 Å². The van der Waals surface area contributed by atoms with E-state index in [9.17, 15) is 5.11 Å². The van der Waals surface area contributed by atoms with Gasteiger partial charge in [-0.3, -0.25) is 4.99 Å². The molecule has 0 saturated carbocycles. The number of nitrogens with one attached hydrogen (secondary N) is 1. The summed E-state index contributed by atoms with van der Waals surface area (Å²) in [4.78, 5) is 4.37. The Kier molecular flexibility index (Phi) is 11.9. The first kappa shape index (κ1) is 22.0. The summed E-state index contributed by atoms with van der Waals surface area (Å²) in [7, 11) is 0. The van der Waals surface area contributed by atoms with E-state index in [1.165, 1.54) is 18.4 Å². The van der Waals surface area contributed by atoms with Crippen LogP contribution >= 0.6 is 24.0 Å². The Morgan fingerprint density at radius 1 is 1.13 bits per heavy atom. The molecule has 4 N–H and O–H groups in total. The van der Waals surface area contributed by atoms with E-state index >= 15 is 0 Å². The van der Waals surface area contributed by atoms with Crippen LogP contribution in [0.3, 0.4) is 0 Å². The van der Waals surface area contributed by atoms with Crippen molar-refractivity contribution in [2.24, 2.45) is 16.6 Å². The van der Waals surface area contributed by atoms with Crippen molar-refractivity contribution in [2.75, 3.05) is 6.54 Å². The smallest absolute Gasteiger partial charge is 0.188 e. The fraction of sp³-hybridized carbons (Fsp3) is 0.611. The molecule has 0 radical (unpaired) electrons. The fourth-order valence-corrected chi connectivity index (χ4v) is 2.35. The number of rotatable bonds is 9. The molecular weight excluding hydrogens is 401 g/mol. The number of hydrogen-bond acceptors (Lipinski definition) is 2. The summed E-state index contributed by atoms with van der Waals surface area (Å²) < 4.78 is 0. The van der Waals surface area contributed by atoms with E-state index in [0.717, 1.165) is 31.7 Å². The van der Waals surface area contributed by atoms with Gasteiger partial charge >= 0.3 is 0 Å². The summed E-state index contributed by atoms with van der Waals surface area (Å²) in [5.74, 6) is 1.61. The lowest BCUT2D eigenvalue weighted by Crippen LogP contribution is -2.38. The number of guanidine groups is 1. The maximum atomic E-state index is 9.23. The molecular formula is C18H32IN3O. The molecule has 5 heteroatoms. The summed E-state index contributed by atoms with van der Waals surface area (Å²) in [5.41, 5.74) is 7.12. The van der Waals surface area contributed by atoms with E-state index in [4.69, 9.17) is 5.73 Å². The number of aromatic hydroxyl groups is 1. The molecule has 132 valence electrons. The number of nitrogens with zero attached hydrogens (tertiary/aromatic N) is 1. The molecule has 0 aliphatic carbocycles. The van der Waals surface area contributed by atoms with Crippen LogP contribution < -0.4 is 11.1 Å². The molecule has 0 heterocycles. The molecule has 0 spiro atoms. The number of benzene rings is 1. The Morgan fingerprint density at radius 3 is 2.39 bits per heavy atom. The van der Waals surface area contributed by atoms with Crippen LogP contribution in [-0.4, -0.2) is 23.7 Å². The summed E-state index contributed by atoms with van der Waals surface area (Å²) in [5, 5.41) is 12.5. The zero-order valence-electron chi connectivity index (χ0n) is 14.6. The molecule has 0 fully saturated rings. The predicted molar refractivity (Wildman–Crippen MR) is 110 cm³/mol. The monoisotopic (exact) mass is 433 g/mol. The van der Waals surface area contributed by atoms with Gasteiger partial charge in [-0.25, -0.2) is 0 Å². The van der Waals surface area contributed by atoms with E-state index in [2.05, 4.69) is 31.1 Å². The number of halogens is 1. The molecule has 1 rings (SSSR count). The van der Waals surface area contributed by atoms with Gasteiger partial charge in [0.25, 0.3) is 0 Å². The molecule has 0 amide bonds. The Morgan fingerprint density at radius 2 is 1.78 bits per heavy atom. The standard InChI is InChI=1S/C18H31N3O.HI/c1-14(2)6-4-7-15(3)21-18(19)20-13-5-8-16-9-11-17(22)12-10-16;/h9-12,14-15,22H,4-8,13H2,1-3H3,(H3,19,20,21);1H. The number of phenolic OH excluding ortho intramolecular Hbond substituents is 1. The quantitative estimate of drug-likeness (QED) is 0.238. The SMILES string of the molecule is CC(C)CCCC(C)NC(N)=NCCCc1ccc(O)cc1.I. The van der Waals surface area contributed by atoms with Gasteiger partial charge in [-0.15, -0.1) is 24.0 Å². The zero-order valence-corrected chi connectivity index (χ0v) is 16.9. The van der Waals surface area contributed by atoms with Gasteiger partial charge in [-0.1, -0.05) is 38.8 Å². The molecule has 0 aromatic heterocycles. The van der Waals surface area contributed by atoms with E-state index in [-0.39, 0.29) is 24.0 Å². The van der Waals surface area contributed by atoms with Crippen molar-refractivity contribution in [3.8, 4) is 5.75 Å². The number of nitrogens with two attached hydrogens (primary N) is 1. The van der Waals surface area contributed by atoms with Gasteiger partial charge in [0.05, 0.1) is 0 Å². The minimum Gasteiger partial charge on any atom is -0.508 e. The molecule has 1 aromatic carbocycles. The minimum absolute atomic E-state index is 0. The van der Waals surface area contributed by atoms with Gasteiger partial charge in [0, 0.05) is 12.6 Å². The van der Waals surface area contributed by atoms with Crippen molar-refractivity contribution in [3.05, 3.63) is 29.8 Å². The van der Waals surface area contributed by atoms with Crippen LogP contribution in [0.1, 0.15) is 52.0 Å². The topological polar surface area (TPSA) is 70.6 Å². The summed E-state index contributed by atoms with van der Waals surface area (Å²) >= 11 is 0. The molecule has 23 heavy (non-hydrogen) atoms. The molecule has 1 aromatic rings. The van der Waals surface area contributed by atoms with E-state index in [1.54, 1.807) is 12.1 Å². The van der Waals surface area contributed by atoms with Crippen molar-refractivity contribution in [1.29, 1.82) is 0 Å². The number of aryl methyl sites for hydroxylation is 1. The van der Waals surface area contributed by atoms with Gasteiger partial charge < -0.3 is 16.2 Å². The van der Waals surface area contributed by atoms with E-state index in [1.807, 2.05) is 12.1 Å². The zero-order chi connectivity index (χ0) is 16.4. The fourth-order valence-electron chi connectivity index (χ4n) is 2.35. The third kappa shape index (κ3) is 11.2. The third-order valence-electron chi connectivity index (χ3n) is 3.65. The molecule has 1 unspecified atom stereocenters. The lowest BCUT2D eigenvalue weighted by atomic mass is 10.0. The van der Waals surface area contributed by atoms with Crippen LogP contribution in [-0.2, 0) is 6.42 Å². The average Bonchev–Trinajstić information content (AvgIpc) is 2.45. The second-order valence-corrected chi connectivity index (χ2v) is 6.41. The van der Waals surface area contributed by atoms with Crippen LogP contribution in [0, 0.1) is 5.92 Å². The van der Waals surface area contributed by atoms with Crippen molar-refractivity contribution < 1.29 is 5.11 Å². The Balaban J connectivity index is 0.00000484. The highest BCUT2D eigenvalue weighted by Crippen LogP contribution is 2.11. The number of hydrogen-bond donors (Lipinski definition) is 3. The first-order valence-electron chi connectivity index (χ1n) is 8.31. The molecule has 0 saturated heterocycles. The van der Waals surface area contributed by atoms with Crippen molar-refractivity contribution >= 4 is 29.9 Å². The van der Waals surface area contributed by atoms with Crippen LogP contribution in [0.25, 0.3) is 0 Å². The summed E-state index contributed by atoms with van der Waals surface area (Å²) in [6.45, 7) is 7.38. The number of aliphatic imine (C=N–C) groups is 1. The maximum Gasteiger partial charge on any atom is 0.188 e. The van der Waals surface area contributed by atoms with Gasteiger partial charge in [-0.2, -0.15) is 0 Å². The van der Waals surface area contributed by atoms with Crippen LogP contribution in [0.4, 0.5) is 0 Å². The Labute approximate surface area is 158 Å². The normalized spacial score (nSPS) is 12.8. The van der Waals surface area contributed by atoms with Crippen molar-refractivity contribution in [2.45, 2.75) is 58.9 Å². The lowest BCUT2D eigenvalue weighted by molar-refractivity contribution is 0.475. The highest BCUT2D eigenvalue weighted by atomic mass is 127.